The number of ether oxygens (including phenoxy) is 1. The number of halogens is 1. The number of carbonyl (C=O) groups is 2. The molecule has 0 bridgehead atoms. The summed E-state index contributed by atoms with van der Waals surface area (Å²) in [6.07, 6.45) is 1.25. The third-order valence-corrected chi connectivity index (χ3v) is 6.73. The molecule has 0 aliphatic heterocycles. The van der Waals surface area contributed by atoms with Crippen LogP contribution in [-0.4, -0.2) is 42.2 Å². The summed E-state index contributed by atoms with van der Waals surface area (Å²) in [4.78, 5) is 29.6. The maximum Gasteiger partial charge on any atom is 0.243 e. The van der Waals surface area contributed by atoms with Gasteiger partial charge in [-0.05, 0) is 53.9 Å². The molecule has 35 heavy (non-hydrogen) atoms. The van der Waals surface area contributed by atoms with E-state index in [0.717, 1.165) is 22.4 Å². The van der Waals surface area contributed by atoms with Crippen LogP contribution in [0, 0.1) is 0 Å². The predicted octanol–water partition coefficient (Wildman–Crippen LogP) is 5.61. The van der Waals surface area contributed by atoms with Gasteiger partial charge in [-0.15, -0.1) is 11.8 Å². The highest BCUT2D eigenvalue weighted by Gasteiger charge is 2.30. The maximum atomic E-state index is 13.6. The molecule has 0 fully saturated rings. The van der Waals surface area contributed by atoms with Crippen LogP contribution in [0.15, 0.2) is 83.8 Å². The average Bonchev–Trinajstić information content (AvgIpc) is 2.89. The van der Waals surface area contributed by atoms with Gasteiger partial charge in [0.05, 0.1) is 12.9 Å². The molecule has 0 radical (unpaired) electrons. The van der Waals surface area contributed by atoms with Gasteiger partial charge in [-0.25, -0.2) is 0 Å². The first kappa shape index (κ1) is 26.6. The van der Waals surface area contributed by atoms with Crippen LogP contribution in [0.3, 0.4) is 0 Å². The highest BCUT2D eigenvalue weighted by molar-refractivity contribution is 8.00. The van der Waals surface area contributed by atoms with Crippen LogP contribution in [0.1, 0.15) is 24.5 Å². The number of hydrogen-bond donors (Lipinski definition) is 1. The van der Waals surface area contributed by atoms with Gasteiger partial charge in [-0.3, -0.25) is 9.59 Å². The lowest BCUT2D eigenvalue weighted by Crippen LogP contribution is -2.51. The van der Waals surface area contributed by atoms with E-state index < -0.39 is 6.04 Å². The summed E-state index contributed by atoms with van der Waals surface area (Å²) in [5.74, 6) is 0.655. The first-order valence-corrected chi connectivity index (χ1v) is 13.0. The molecule has 1 N–H and O–H groups in total. The Morgan fingerprint density at radius 1 is 1.00 bits per heavy atom. The van der Waals surface area contributed by atoms with Crippen molar-refractivity contribution in [3.8, 4) is 5.75 Å². The van der Waals surface area contributed by atoms with E-state index in [2.05, 4.69) is 5.32 Å². The van der Waals surface area contributed by atoms with E-state index in [1.54, 1.807) is 24.1 Å². The standard InChI is InChI=1S/C28H31ClN2O3S/c1-3-16-30-28(33)26(18-21-8-5-4-6-9-21)31(19-22-10-7-11-24(17-22)34-2)27(32)20-35-25-14-12-23(29)13-15-25/h4-15,17,26H,3,16,18-20H2,1-2H3,(H,30,33)/t26-/m1/s1. The number of carbonyl (C=O) groups excluding carboxylic acids is 2. The Kier molecular flexibility index (Phi) is 10.5. The topological polar surface area (TPSA) is 58.6 Å². The number of rotatable bonds is 12. The summed E-state index contributed by atoms with van der Waals surface area (Å²) in [5, 5.41) is 3.65. The monoisotopic (exact) mass is 510 g/mol. The van der Waals surface area contributed by atoms with Crippen LogP contribution >= 0.6 is 23.4 Å². The lowest BCUT2D eigenvalue weighted by molar-refractivity contribution is -0.139. The van der Waals surface area contributed by atoms with Gasteiger partial charge >= 0.3 is 0 Å². The Morgan fingerprint density at radius 3 is 2.40 bits per heavy atom. The molecule has 3 aromatic carbocycles. The van der Waals surface area contributed by atoms with Gasteiger partial charge in [0.25, 0.3) is 0 Å². The van der Waals surface area contributed by atoms with Crippen molar-refractivity contribution in [3.05, 3.63) is 95.0 Å². The van der Waals surface area contributed by atoms with Crippen molar-refractivity contribution in [1.29, 1.82) is 0 Å². The fraction of sp³-hybridized carbons (Fsp3) is 0.286. The second-order valence-electron chi connectivity index (χ2n) is 8.11. The first-order chi connectivity index (χ1) is 17.0. The fourth-order valence-corrected chi connectivity index (χ4v) is 4.56. The molecule has 0 spiro atoms. The predicted molar refractivity (Wildman–Crippen MR) is 143 cm³/mol. The van der Waals surface area contributed by atoms with Crippen molar-refractivity contribution in [2.24, 2.45) is 0 Å². The number of hydrogen-bond acceptors (Lipinski definition) is 4. The van der Waals surface area contributed by atoms with Crippen LogP contribution in [0.2, 0.25) is 5.02 Å². The van der Waals surface area contributed by atoms with Gasteiger partial charge in [0.15, 0.2) is 0 Å². The highest BCUT2D eigenvalue weighted by atomic mass is 35.5. The molecule has 184 valence electrons. The molecule has 7 heteroatoms. The summed E-state index contributed by atoms with van der Waals surface area (Å²) in [6, 6.07) is 24.1. The molecule has 1 atom stereocenters. The zero-order valence-corrected chi connectivity index (χ0v) is 21.6. The number of amides is 2. The molecule has 3 rings (SSSR count). The summed E-state index contributed by atoms with van der Waals surface area (Å²) < 4.78 is 5.37. The van der Waals surface area contributed by atoms with Gasteiger partial charge < -0.3 is 15.0 Å². The maximum absolute atomic E-state index is 13.6. The van der Waals surface area contributed by atoms with E-state index in [1.807, 2.05) is 73.7 Å². The van der Waals surface area contributed by atoms with Crippen LogP contribution in [0.5, 0.6) is 5.75 Å². The van der Waals surface area contributed by atoms with E-state index in [-0.39, 0.29) is 17.6 Å². The van der Waals surface area contributed by atoms with Crippen molar-refractivity contribution >= 4 is 35.2 Å². The summed E-state index contributed by atoms with van der Waals surface area (Å²) in [5.41, 5.74) is 1.90. The van der Waals surface area contributed by atoms with Gasteiger partial charge in [-0.2, -0.15) is 0 Å². The minimum atomic E-state index is -0.645. The zero-order chi connectivity index (χ0) is 25.0. The van der Waals surface area contributed by atoms with E-state index in [4.69, 9.17) is 16.3 Å². The molecule has 0 aromatic heterocycles. The molecule has 0 heterocycles. The Balaban J connectivity index is 1.89. The number of thioether (sulfide) groups is 1. The van der Waals surface area contributed by atoms with Gasteiger partial charge in [0, 0.05) is 29.4 Å². The first-order valence-electron chi connectivity index (χ1n) is 11.6. The van der Waals surface area contributed by atoms with Crippen molar-refractivity contribution in [1.82, 2.24) is 10.2 Å². The number of methoxy groups -OCH3 is 1. The molecule has 0 unspecified atom stereocenters. The quantitative estimate of drug-likeness (QED) is 0.322. The summed E-state index contributed by atoms with van der Waals surface area (Å²) in [7, 11) is 1.61. The van der Waals surface area contributed by atoms with Crippen LogP contribution in [-0.2, 0) is 22.6 Å². The van der Waals surface area contributed by atoms with E-state index in [9.17, 15) is 9.59 Å². The Labute approximate surface area is 216 Å². The third-order valence-electron chi connectivity index (χ3n) is 5.48. The van der Waals surface area contributed by atoms with Gasteiger partial charge in [0.2, 0.25) is 11.8 Å². The SMILES string of the molecule is CCCNC(=O)[C@@H](Cc1ccccc1)N(Cc1cccc(OC)c1)C(=O)CSc1ccc(Cl)cc1. The number of nitrogens with one attached hydrogen (secondary N) is 1. The van der Waals surface area contributed by atoms with Crippen molar-refractivity contribution < 1.29 is 14.3 Å². The second-order valence-corrected chi connectivity index (χ2v) is 9.60. The molecule has 0 aliphatic rings. The lowest BCUT2D eigenvalue weighted by Gasteiger charge is -2.31. The van der Waals surface area contributed by atoms with Crippen molar-refractivity contribution in [3.63, 3.8) is 0 Å². The smallest absolute Gasteiger partial charge is 0.243 e. The second kappa shape index (κ2) is 13.8. The van der Waals surface area contributed by atoms with E-state index in [1.165, 1.54) is 11.8 Å². The van der Waals surface area contributed by atoms with Crippen LogP contribution in [0.4, 0.5) is 0 Å². The molecule has 3 aromatic rings. The molecule has 0 saturated carbocycles. The minimum Gasteiger partial charge on any atom is -0.497 e. The molecule has 0 aliphatic carbocycles. The largest absolute Gasteiger partial charge is 0.497 e. The van der Waals surface area contributed by atoms with Crippen molar-refractivity contribution in [2.75, 3.05) is 19.4 Å². The molecular formula is C28H31ClN2O3S. The highest BCUT2D eigenvalue weighted by Crippen LogP contribution is 2.23. The summed E-state index contributed by atoms with van der Waals surface area (Å²) in [6.45, 7) is 2.87. The lowest BCUT2D eigenvalue weighted by atomic mass is 10.0. The number of benzene rings is 3. The van der Waals surface area contributed by atoms with Gasteiger partial charge in [-0.1, -0.05) is 61.0 Å². The molecule has 2 amide bonds. The van der Waals surface area contributed by atoms with Crippen molar-refractivity contribution in [2.45, 2.75) is 37.2 Å². The Hall–Kier alpha value is -2.96. The van der Waals surface area contributed by atoms with Crippen LogP contribution in [0.25, 0.3) is 0 Å². The zero-order valence-electron chi connectivity index (χ0n) is 20.1. The number of nitrogens with zero attached hydrogens (tertiary/aromatic N) is 1. The third kappa shape index (κ3) is 8.34. The normalized spacial score (nSPS) is 11.5. The van der Waals surface area contributed by atoms with Crippen LogP contribution < -0.4 is 10.1 Å². The average molecular weight is 511 g/mol. The molecule has 5 nitrogen and oxygen atoms in total. The Bertz CT molecular complexity index is 1090. The minimum absolute atomic E-state index is 0.111. The fourth-order valence-electron chi connectivity index (χ4n) is 3.65. The van der Waals surface area contributed by atoms with E-state index >= 15 is 0 Å². The Morgan fingerprint density at radius 2 is 1.71 bits per heavy atom. The molecular weight excluding hydrogens is 480 g/mol. The molecule has 0 saturated heterocycles. The summed E-state index contributed by atoms with van der Waals surface area (Å²) >= 11 is 7.43. The van der Waals surface area contributed by atoms with Gasteiger partial charge in [0.1, 0.15) is 11.8 Å². The van der Waals surface area contributed by atoms with E-state index in [0.29, 0.717) is 30.3 Å².